The van der Waals surface area contributed by atoms with Gasteiger partial charge in [0.1, 0.15) is 6.61 Å². The summed E-state index contributed by atoms with van der Waals surface area (Å²) in [5.74, 6) is 0. The Bertz CT molecular complexity index is 194. The summed E-state index contributed by atoms with van der Waals surface area (Å²) in [7, 11) is 0. The van der Waals surface area contributed by atoms with Crippen LogP contribution in [0.2, 0.25) is 0 Å². The Hall–Kier alpha value is -0.160. The van der Waals surface area contributed by atoms with Gasteiger partial charge in [-0.1, -0.05) is 0 Å². The smallest absolute Gasteiger partial charge is 0.300 e. The van der Waals surface area contributed by atoms with Gasteiger partial charge in [-0.2, -0.15) is 0 Å². The Labute approximate surface area is 73.2 Å². The first-order valence-electron chi connectivity index (χ1n) is 3.33. The summed E-state index contributed by atoms with van der Waals surface area (Å²) in [4.78, 5) is 10.2. The Morgan fingerprint density at radius 3 is 2.36 bits per heavy atom. The van der Waals surface area contributed by atoms with Crippen LogP contribution in [0.1, 0.15) is 20.3 Å². The average molecular weight is 224 g/mol. The normalized spacial score (nSPS) is 35.5. The maximum Gasteiger partial charge on any atom is 0.300 e. The van der Waals surface area contributed by atoms with E-state index in [1.165, 1.54) is 0 Å². The van der Waals surface area contributed by atoms with Crippen LogP contribution in [-0.4, -0.2) is 21.6 Å². The summed E-state index contributed by atoms with van der Waals surface area (Å²) < 4.78 is 4.17. The van der Waals surface area contributed by atoms with E-state index in [1.54, 1.807) is 0 Å². The van der Waals surface area contributed by atoms with E-state index in [4.69, 9.17) is 4.74 Å². The van der Waals surface area contributed by atoms with Crippen molar-refractivity contribution in [1.29, 1.82) is 0 Å². The number of hydrogen-bond donors (Lipinski definition) is 0. The number of nitro groups is 1. The van der Waals surface area contributed by atoms with Gasteiger partial charge >= 0.3 is 0 Å². The third kappa shape index (κ3) is 1.70. The van der Waals surface area contributed by atoms with Gasteiger partial charge in [0.2, 0.25) is 0 Å². The summed E-state index contributed by atoms with van der Waals surface area (Å²) in [6.07, 6.45) is 0.410. The molecule has 0 aromatic carbocycles. The Morgan fingerprint density at radius 2 is 2.18 bits per heavy atom. The molecule has 0 spiro atoms. The number of alkyl halides is 1. The van der Waals surface area contributed by atoms with E-state index in [0.717, 1.165) is 0 Å². The van der Waals surface area contributed by atoms with Crippen molar-refractivity contribution in [2.24, 2.45) is 0 Å². The molecule has 5 heteroatoms. The quantitative estimate of drug-likeness (QED) is 0.294. The molecular weight excluding hydrogens is 214 g/mol. The average Bonchev–Trinajstić information content (AvgIpc) is 2.08. The third-order valence-electron chi connectivity index (χ3n) is 1.71. The molecule has 1 aliphatic rings. The number of rotatable bonds is 1. The Morgan fingerprint density at radius 1 is 1.64 bits per heavy atom. The lowest BCUT2D eigenvalue weighted by atomic mass is 10.0. The highest BCUT2D eigenvalue weighted by Gasteiger charge is 2.52. The highest BCUT2D eigenvalue weighted by molar-refractivity contribution is 9.10. The lowest BCUT2D eigenvalue weighted by molar-refractivity contribution is -0.532. The first-order valence-corrected chi connectivity index (χ1v) is 4.12. The second-order valence-corrected chi connectivity index (χ2v) is 4.88. The predicted octanol–water partition coefficient (Wildman–Crippen LogP) is 1.55. The van der Waals surface area contributed by atoms with Crippen molar-refractivity contribution in [2.45, 2.75) is 30.3 Å². The molecule has 1 aliphatic heterocycles. The van der Waals surface area contributed by atoms with E-state index in [-0.39, 0.29) is 17.1 Å². The fraction of sp³-hybridized carbons (Fsp3) is 1.00. The largest absolute Gasteiger partial charge is 0.367 e. The zero-order chi connectivity index (χ0) is 8.70. The van der Waals surface area contributed by atoms with Gasteiger partial charge < -0.3 is 4.74 Å². The Balaban J connectivity index is 2.73. The molecule has 11 heavy (non-hydrogen) atoms. The first kappa shape index (κ1) is 8.93. The highest BCUT2D eigenvalue weighted by Crippen LogP contribution is 2.38. The Kier molecular flexibility index (Phi) is 1.96. The van der Waals surface area contributed by atoms with Crippen LogP contribution in [0.15, 0.2) is 0 Å². The maximum absolute atomic E-state index is 10.5. The highest BCUT2D eigenvalue weighted by atomic mass is 79.9. The summed E-state index contributed by atoms with van der Waals surface area (Å²) in [6, 6.07) is 0. The van der Waals surface area contributed by atoms with Crippen LogP contribution in [0.5, 0.6) is 0 Å². The predicted molar refractivity (Wildman–Crippen MR) is 43.3 cm³/mol. The van der Waals surface area contributed by atoms with Gasteiger partial charge in [0.05, 0.1) is 12.0 Å². The van der Waals surface area contributed by atoms with E-state index in [1.807, 2.05) is 13.8 Å². The van der Waals surface area contributed by atoms with Gasteiger partial charge in [0, 0.05) is 20.9 Å². The van der Waals surface area contributed by atoms with Crippen molar-refractivity contribution < 1.29 is 9.66 Å². The molecule has 1 fully saturated rings. The van der Waals surface area contributed by atoms with Crippen LogP contribution < -0.4 is 0 Å². The van der Waals surface area contributed by atoms with Crippen molar-refractivity contribution in [3.63, 3.8) is 0 Å². The van der Waals surface area contributed by atoms with Crippen LogP contribution in [0.4, 0.5) is 0 Å². The summed E-state index contributed by atoms with van der Waals surface area (Å²) in [6.45, 7) is 3.84. The molecule has 1 rings (SSSR count). The lowest BCUT2D eigenvalue weighted by Crippen LogP contribution is -2.32. The molecular formula is C6H10BrNO3. The molecule has 0 radical (unpaired) electrons. The van der Waals surface area contributed by atoms with Crippen molar-refractivity contribution in [3.05, 3.63) is 10.1 Å². The molecule has 0 saturated carbocycles. The van der Waals surface area contributed by atoms with Crippen molar-refractivity contribution in [2.75, 3.05) is 6.61 Å². The molecule has 0 aliphatic carbocycles. The fourth-order valence-electron chi connectivity index (χ4n) is 1.18. The van der Waals surface area contributed by atoms with Crippen molar-refractivity contribution >= 4 is 15.9 Å². The van der Waals surface area contributed by atoms with Crippen LogP contribution >= 0.6 is 15.9 Å². The van der Waals surface area contributed by atoms with Gasteiger partial charge in [-0.3, -0.25) is 10.1 Å². The molecule has 64 valence electrons. The standard InChI is InChI=1S/C6H10BrNO3/c1-5(2)3-6(7,4-11-5)8(9)10/h3-4H2,1-2H3. The molecule has 0 aromatic rings. The first-order chi connectivity index (χ1) is 4.86. The minimum absolute atomic E-state index is 0.146. The molecule has 1 heterocycles. The van der Waals surface area contributed by atoms with Crippen LogP contribution in [-0.2, 0) is 4.74 Å². The number of ether oxygens (including phenoxy) is 1. The van der Waals surface area contributed by atoms with Crippen LogP contribution in [0.25, 0.3) is 0 Å². The molecule has 0 bridgehead atoms. The molecule has 0 amide bonds. The monoisotopic (exact) mass is 223 g/mol. The molecule has 1 unspecified atom stereocenters. The summed E-state index contributed by atoms with van der Waals surface area (Å²) in [5, 5.41) is 10.5. The maximum atomic E-state index is 10.5. The van der Waals surface area contributed by atoms with Gasteiger partial charge in [0.15, 0.2) is 0 Å². The lowest BCUT2D eigenvalue weighted by Gasteiger charge is -2.14. The minimum atomic E-state index is -1.06. The fourth-order valence-corrected chi connectivity index (χ4v) is 1.97. The number of halogens is 1. The van der Waals surface area contributed by atoms with Gasteiger partial charge in [-0.25, -0.2) is 0 Å². The van der Waals surface area contributed by atoms with Crippen LogP contribution in [0.3, 0.4) is 0 Å². The van der Waals surface area contributed by atoms with Gasteiger partial charge in [-0.15, -0.1) is 0 Å². The van der Waals surface area contributed by atoms with Crippen molar-refractivity contribution in [1.82, 2.24) is 0 Å². The molecule has 1 saturated heterocycles. The molecule has 4 nitrogen and oxygen atoms in total. The topological polar surface area (TPSA) is 52.4 Å². The minimum Gasteiger partial charge on any atom is -0.367 e. The van der Waals surface area contributed by atoms with Crippen LogP contribution in [0, 0.1) is 10.1 Å². The molecule has 0 N–H and O–H groups in total. The summed E-state index contributed by atoms with van der Waals surface area (Å²) in [5.41, 5.74) is -0.378. The zero-order valence-electron chi connectivity index (χ0n) is 6.46. The summed E-state index contributed by atoms with van der Waals surface area (Å²) >= 11 is 3.06. The van der Waals surface area contributed by atoms with E-state index < -0.39 is 4.45 Å². The van der Waals surface area contributed by atoms with Gasteiger partial charge in [-0.05, 0) is 13.8 Å². The second kappa shape index (κ2) is 2.42. The SMILES string of the molecule is CC1(C)CC(Br)([N+](=O)[O-])CO1. The molecule has 0 aromatic heterocycles. The number of nitrogens with zero attached hydrogens (tertiary/aromatic N) is 1. The van der Waals surface area contributed by atoms with E-state index in [0.29, 0.717) is 6.42 Å². The number of hydrogen-bond acceptors (Lipinski definition) is 3. The van der Waals surface area contributed by atoms with Gasteiger partial charge in [0.25, 0.3) is 4.45 Å². The third-order valence-corrected chi connectivity index (χ3v) is 2.51. The van der Waals surface area contributed by atoms with E-state index >= 15 is 0 Å². The second-order valence-electron chi connectivity index (χ2n) is 3.40. The van der Waals surface area contributed by atoms with E-state index in [9.17, 15) is 10.1 Å². The van der Waals surface area contributed by atoms with Crippen molar-refractivity contribution in [3.8, 4) is 0 Å². The zero-order valence-corrected chi connectivity index (χ0v) is 8.05. The molecule has 1 atom stereocenters. The van der Waals surface area contributed by atoms with E-state index in [2.05, 4.69) is 15.9 Å².